The van der Waals surface area contributed by atoms with Crippen molar-refractivity contribution in [3.8, 4) is 5.06 Å². The van der Waals surface area contributed by atoms with E-state index < -0.39 is 29.8 Å². The normalized spacial score (nSPS) is 18.7. The number of Topliss-reactive ketones (excluding diaryl/α,β-unsaturated/α-hetero) is 1. The minimum absolute atomic E-state index is 0.0909. The average Bonchev–Trinajstić information content (AvgIpc) is 3.18. The van der Waals surface area contributed by atoms with Crippen molar-refractivity contribution in [2.24, 2.45) is 0 Å². The summed E-state index contributed by atoms with van der Waals surface area (Å²) in [7, 11) is 0. The number of nitrogens with one attached hydrogen (secondary N) is 1. The molecule has 166 valence electrons. The van der Waals surface area contributed by atoms with Gasteiger partial charge in [-0.15, -0.1) is 0 Å². The third-order valence-corrected chi connectivity index (χ3v) is 6.34. The first kappa shape index (κ1) is 21.9. The SMILES string of the molecule is Nc1ncnc2cc(CN3C(=O)CNCC3(C(=O)O)C(=O)COc3ccc(Cl)s3)ccc12. The number of hydrogen-bond acceptors (Lipinski definition) is 9. The van der Waals surface area contributed by atoms with Gasteiger partial charge in [0, 0.05) is 18.5 Å². The Morgan fingerprint density at radius 3 is 2.84 bits per heavy atom. The van der Waals surface area contributed by atoms with Crippen LogP contribution in [0.4, 0.5) is 5.82 Å². The molecule has 32 heavy (non-hydrogen) atoms. The number of rotatable bonds is 7. The van der Waals surface area contributed by atoms with Gasteiger partial charge in [0.15, 0.2) is 11.7 Å². The average molecular weight is 476 g/mol. The van der Waals surface area contributed by atoms with Gasteiger partial charge in [0.1, 0.15) is 12.1 Å². The zero-order chi connectivity index (χ0) is 22.9. The molecule has 4 N–H and O–H groups in total. The summed E-state index contributed by atoms with van der Waals surface area (Å²) < 4.78 is 5.92. The number of nitrogen functional groups attached to an aromatic ring is 1. The molecule has 1 unspecified atom stereocenters. The molecule has 4 rings (SSSR count). The molecule has 1 atom stereocenters. The minimum Gasteiger partial charge on any atom is -0.479 e. The first-order valence-electron chi connectivity index (χ1n) is 9.46. The van der Waals surface area contributed by atoms with Crippen LogP contribution in [0.15, 0.2) is 36.7 Å². The van der Waals surface area contributed by atoms with Crippen molar-refractivity contribution in [3.05, 3.63) is 46.6 Å². The predicted molar refractivity (Wildman–Crippen MR) is 118 cm³/mol. The summed E-state index contributed by atoms with van der Waals surface area (Å²) in [6.07, 6.45) is 1.32. The number of carboxylic acids is 1. The van der Waals surface area contributed by atoms with Gasteiger partial charge >= 0.3 is 5.97 Å². The Morgan fingerprint density at radius 2 is 2.12 bits per heavy atom. The van der Waals surface area contributed by atoms with Gasteiger partial charge in [-0.05, 0) is 29.8 Å². The number of nitrogens with zero attached hydrogens (tertiary/aromatic N) is 3. The quantitative estimate of drug-likeness (QED) is 0.430. The van der Waals surface area contributed by atoms with Crippen molar-refractivity contribution in [2.75, 3.05) is 25.4 Å². The number of aromatic nitrogens is 2. The number of nitrogens with two attached hydrogens (primary N) is 1. The number of benzene rings is 1. The molecule has 3 heterocycles. The number of hydrogen-bond donors (Lipinski definition) is 3. The van der Waals surface area contributed by atoms with Crippen molar-refractivity contribution in [2.45, 2.75) is 12.1 Å². The van der Waals surface area contributed by atoms with Crippen molar-refractivity contribution < 1.29 is 24.2 Å². The Morgan fingerprint density at radius 1 is 1.31 bits per heavy atom. The number of anilines is 1. The number of carbonyl (C=O) groups is 3. The maximum Gasteiger partial charge on any atom is 0.339 e. The van der Waals surface area contributed by atoms with Gasteiger partial charge in [0.05, 0.1) is 16.4 Å². The largest absolute Gasteiger partial charge is 0.479 e. The Bertz CT molecular complexity index is 1220. The van der Waals surface area contributed by atoms with Crippen LogP contribution in [-0.4, -0.2) is 62.9 Å². The van der Waals surface area contributed by atoms with Crippen LogP contribution in [0.1, 0.15) is 5.56 Å². The highest BCUT2D eigenvalue weighted by atomic mass is 35.5. The maximum atomic E-state index is 13.1. The Labute approximate surface area is 191 Å². The predicted octanol–water partition coefficient (Wildman–Crippen LogP) is 1.33. The second-order valence-electron chi connectivity index (χ2n) is 7.13. The first-order valence-corrected chi connectivity index (χ1v) is 10.7. The van der Waals surface area contributed by atoms with E-state index in [1.807, 2.05) is 0 Å². The van der Waals surface area contributed by atoms with Gasteiger partial charge in [-0.25, -0.2) is 14.8 Å². The fourth-order valence-electron chi connectivity index (χ4n) is 3.57. The van der Waals surface area contributed by atoms with Crippen molar-refractivity contribution in [1.29, 1.82) is 0 Å². The van der Waals surface area contributed by atoms with Gasteiger partial charge in [-0.2, -0.15) is 0 Å². The fourth-order valence-corrected chi connectivity index (χ4v) is 4.45. The zero-order valence-corrected chi connectivity index (χ0v) is 18.2. The molecule has 1 aliphatic rings. The second-order valence-corrected chi connectivity index (χ2v) is 8.81. The van der Waals surface area contributed by atoms with Crippen molar-refractivity contribution in [3.63, 3.8) is 0 Å². The number of carboxylic acid groups (broad SMARTS) is 1. The molecule has 12 heteroatoms. The van der Waals surface area contributed by atoms with Crippen LogP contribution >= 0.6 is 22.9 Å². The maximum absolute atomic E-state index is 13.1. The summed E-state index contributed by atoms with van der Waals surface area (Å²) >= 11 is 6.98. The number of amides is 1. The van der Waals surface area contributed by atoms with E-state index in [0.29, 0.717) is 31.7 Å². The lowest BCUT2D eigenvalue weighted by atomic mass is 9.88. The Kier molecular flexibility index (Phi) is 5.96. The fraction of sp³-hybridized carbons (Fsp3) is 0.250. The molecule has 0 spiro atoms. The Balaban J connectivity index is 1.64. The second kappa shape index (κ2) is 8.69. The highest BCUT2D eigenvalue weighted by molar-refractivity contribution is 7.17. The van der Waals surface area contributed by atoms with Gasteiger partial charge < -0.3 is 25.8 Å². The molecule has 1 aliphatic heterocycles. The smallest absolute Gasteiger partial charge is 0.339 e. The monoisotopic (exact) mass is 475 g/mol. The van der Waals surface area contributed by atoms with Gasteiger partial charge in [0.25, 0.3) is 0 Å². The summed E-state index contributed by atoms with van der Waals surface area (Å²) in [6.45, 7) is -0.976. The van der Waals surface area contributed by atoms with E-state index in [1.54, 1.807) is 30.3 Å². The highest BCUT2D eigenvalue weighted by Gasteiger charge is 2.55. The van der Waals surface area contributed by atoms with E-state index in [4.69, 9.17) is 22.1 Å². The zero-order valence-electron chi connectivity index (χ0n) is 16.6. The van der Waals surface area contributed by atoms with E-state index >= 15 is 0 Å². The topological polar surface area (TPSA) is 148 Å². The van der Waals surface area contributed by atoms with Crippen molar-refractivity contribution in [1.82, 2.24) is 20.2 Å². The third kappa shape index (κ3) is 3.97. The molecular weight excluding hydrogens is 458 g/mol. The van der Waals surface area contributed by atoms with Gasteiger partial charge in [-0.1, -0.05) is 29.0 Å². The van der Waals surface area contributed by atoms with E-state index in [1.165, 1.54) is 6.33 Å². The molecule has 1 fully saturated rings. The van der Waals surface area contributed by atoms with Gasteiger partial charge in [-0.3, -0.25) is 9.59 Å². The van der Waals surface area contributed by atoms with E-state index in [2.05, 4.69) is 15.3 Å². The molecule has 1 amide bonds. The molecular formula is C20H18ClN5O5S. The number of carbonyl (C=O) groups excluding carboxylic acids is 2. The van der Waals surface area contributed by atoms with Crippen LogP contribution in [0.25, 0.3) is 10.9 Å². The van der Waals surface area contributed by atoms with E-state index in [0.717, 1.165) is 16.2 Å². The Hall–Kier alpha value is -3.28. The van der Waals surface area contributed by atoms with Gasteiger partial charge in [0.2, 0.25) is 17.2 Å². The molecule has 0 saturated carbocycles. The minimum atomic E-state index is -2.13. The van der Waals surface area contributed by atoms with Crippen LogP contribution < -0.4 is 15.8 Å². The summed E-state index contributed by atoms with van der Waals surface area (Å²) in [5.41, 5.74) is 4.86. The van der Waals surface area contributed by atoms with Crippen LogP contribution in [0.2, 0.25) is 4.34 Å². The molecule has 3 aromatic rings. The molecule has 1 aromatic carbocycles. The summed E-state index contributed by atoms with van der Waals surface area (Å²) in [5, 5.41) is 13.8. The number of thiophene rings is 1. The molecule has 0 radical (unpaired) electrons. The van der Waals surface area contributed by atoms with Crippen LogP contribution in [0.3, 0.4) is 0 Å². The molecule has 0 bridgehead atoms. The summed E-state index contributed by atoms with van der Waals surface area (Å²) in [6, 6.07) is 8.26. The number of piperazine rings is 1. The lowest BCUT2D eigenvalue weighted by molar-refractivity contribution is -0.168. The molecule has 10 nitrogen and oxygen atoms in total. The number of fused-ring (bicyclic) bond motifs is 1. The molecule has 2 aromatic heterocycles. The van der Waals surface area contributed by atoms with Crippen LogP contribution in [0.5, 0.6) is 5.06 Å². The number of halogens is 1. The first-order chi connectivity index (χ1) is 15.3. The van der Waals surface area contributed by atoms with Crippen LogP contribution in [0, 0.1) is 0 Å². The number of ketones is 1. The highest BCUT2D eigenvalue weighted by Crippen LogP contribution is 2.30. The van der Waals surface area contributed by atoms with Crippen LogP contribution in [-0.2, 0) is 20.9 Å². The van der Waals surface area contributed by atoms with E-state index in [9.17, 15) is 19.5 Å². The van der Waals surface area contributed by atoms with E-state index in [-0.39, 0.29) is 19.6 Å². The summed E-state index contributed by atoms with van der Waals surface area (Å²) in [4.78, 5) is 47.4. The third-order valence-electron chi connectivity index (χ3n) is 5.20. The number of aliphatic carboxylic acids is 1. The molecule has 1 saturated heterocycles. The number of ether oxygens (including phenoxy) is 1. The lowest BCUT2D eigenvalue weighted by Crippen LogP contribution is -2.71. The standard InChI is InChI=1S/C20H18ClN5O5S/c21-15-3-4-17(32-15)31-8-14(27)20(19(29)30)9-23-6-16(28)26(20)7-11-1-2-12-13(5-11)24-10-25-18(12)22/h1-5,10,23H,6-9H2,(H,29,30)(H2,22,24,25). The lowest BCUT2D eigenvalue weighted by Gasteiger charge is -2.42. The van der Waals surface area contributed by atoms with Crippen molar-refractivity contribution >= 4 is 57.3 Å². The molecule has 0 aliphatic carbocycles. The summed E-state index contributed by atoms with van der Waals surface area (Å²) in [5.74, 6) is -2.42.